The number of para-hydroxylation sites is 2. The summed E-state index contributed by atoms with van der Waals surface area (Å²) in [5.41, 5.74) is 2.36. The fourth-order valence-corrected chi connectivity index (χ4v) is 3.18. The van der Waals surface area contributed by atoms with Gasteiger partial charge in [-0.3, -0.25) is 9.59 Å². The number of rotatable bonds is 8. The number of furan rings is 1. The average Bonchev–Trinajstić information content (AvgIpc) is 3.47. The minimum absolute atomic E-state index is 0.0821. The summed E-state index contributed by atoms with van der Waals surface area (Å²) in [5.74, 6) is 0.152. The summed E-state index contributed by atoms with van der Waals surface area (Å²) in [6, 6.07) is 22.4. The Balaban J connectivity index is 1.45. The predicted molar refractivity (Wildman–Crippen MR) is 116 cm³/mol. The van der Waals surface area contributed by atoms with Crippen molar-refractivity contribution in [2.45, 2.75) is 13.0 Å². The average molecular weight is 414 g/mol. The van der Waals surface area contributed by atoms with E-state index in [2.05, 4.69) is 10.4 Å². The molecule has 0 atom stereocenters. The van der Waals surface area contributed by atoms with Gasteiger partial charge < -0.3 is 14.6 Å². The van der Waals surface area contributed by atoms with Crippen LogP contribution in [0.25, 0.3) is 5.69 Å². The lowest BCUT2D eigenvalue weighted by atomic mass is 10.2. The first-order valence-electron chi connectivity index (χ1n) is 9.91. The van der Waals surface area contributed by atoms with Crippen molar-refractivity contribution in [2.75, 3.05) is 11.9 Å². The monoisotopic (exact) mass is 414 g/mol. The van der Waals surface area contributed by atoms with Crippen molar-refractivity contribution >= 4 is 17.5 Å². The molecule has 0 bridgehead atoms. The molecule has 1 N–H and O–H groups in total. The quantitative estimate of drug-likeness (QED) is 0.477. The Kier molecular flexibility index (Phi) is 6.23. The zero-order chi connectivity index (χ0) is 21.5. The minimum Gasteiger partial charge on any atom is -0.467 e. The number of nitrogens with zero attached hydrogens (tertiary/aromatic N) is 3. The maximum atomic E-state index is 13.0. The summed E-state index contributed by atoms with van der Waals surface area (Å²) >= 11 is 0. The minimum atomic E-state index is -0.272. The van der Waals surface area contributed by atoms with Crippen LogP contribution < -0.4 is 5.32 Å². The number of carbonyl (C=O) groups is 2. The SMILES string of the molecule is O=C(CN(Cc1ccco1)C(=O)Cc1cnn(-c2ccccc2)c1)Nc1ccccc1. The third-order valence-corrected chi connectivity index (χ3v) is 4.68. The molecule has 4 aromatic rings. The van der Waals surface area contributed by atoms with E-state index in [9.17, 15) is 9.59 Å². The molecule has 0 aliphatic carbocycles. The topological polar surface area (TPSA) is 80.4 Å². The Morgan fingerprint density at radius 2 is 1.71 bits per heavy atom. The van der Waals surface area contributed by atoms with Gasteiger partial charge in [-0.2, -0.15) is 5.10 Å². The summed E-state index contributed by atoms with van der Waals surface area (Å²) in [7, 11) is 0. The lowest BCUT2D eigenvalue weighted by Gasteiger charge is -2.21. The molecule has 0 aliphatic heterocycles. The molecular weight excluding hydrogens is 392 g/mol. The number of nitrogens with one attached hydrogen (secondary N) is 1. The molecule has 2 amide bonds. The highest BCUT2D eigenvalue weighted by Gasteiger charge is 2.20. The maximum Gasteiger partial charge on any atom is 0.244 e. The molecule has 7 heteroatoms. The second kappa shape index (κ2) is 9.58. The van der Waals surface area contributed by atoms with Gasteiger partial charge in [0.1, 0.15) is 12.3 Å². The number of aromatic nitrogens is 2. The van der Waals surface area contributed by atoms with Crippen molar-refractivity contribution in [3.63, 3.8) is 0 Å². The van der Waals surface area contributed by atoms with E-state index in [1.165, 1.54) is 4.90 Å². The molecular formula is C24H22N4O3. The highest BCUT2D eigenvalue weighted by Crippen LogP contribution is 2.12. The van der Waals surface area contributed by atoms with Gasteiger partial charge in [0.25, 0.3) is 0 Å². The van der Waals surface area contributed by atoms with E-state index < -0.39 is 0 Å². The van der Waals surface area contributed by atoms with Crippen LogP contribution in [-0.4, -0.2) is 33.0 Å². The normalized spacial score (nSPS) is 10.6. The van der Waals surface area contributed by atoms with Gasteiger partial charge in [0.05, 0.1) is 31.1 Å². The van der Waals surface area contributed by atoms with Crippen LogP contribution in [0.5, 0.6) is 0 Å². The number of carbonyl (C=O) groups excluding carboxylic acids is 2. The van der Waals surface area contributed by atoms with Crippen molar-refractivity contribution in [3.8, 4) is 5.69 Å². The van der Waals surface area contributed by atoms with Gasteiger partial charge in [-0.15, -0.1) is 0 Å². The zero-order valence-corrected chi connectivity index (χ0v) is 16.8. The van der Waals surface area contributed by atoms with Crippen LogP contribution in [-0.2, 0) is 22.6 Å². The van der Waals surface area contributed by atoms with Crippen LogP contribution in [0, 0.1) is 0 Å². The van der Waals surface area contributed by atoms with Crippen LogP contribution in [0.3, 0.4) is 0 Å². The summed E-state index contributed by atoms with van der Waals surface area (Å²) < 4.78 is 7.11. The van der Waals surface area contributed by atoms with E-state index in [0.717, 1.165) is 11.3 Å². The number of hydrogen-bond acceptors (Lipinski definition) is 4. The Morgan fingerprint density at radius 1 is 0.968 bits per heavy atom. The van der Waals surface area contributed by atoms with Crippen molar-refractivity contribution < 1.29 is 14.0 Å². The van der Waals surface area contributed by atoms with Crippen molar-refractivity contribution in [2.24, 2.45) is 0 Å². The molecule has 2 aromatic heterocycles. The van der Waals surface area contributed by atoms with E-state index >= 15 is 0 Å². The van der Waals surface area contributed by atoms with Gasteiger partial charge in [0.15, 0.2) is 0 Å². The molecule has 0 aliphatic rings. The first kappa shape index (κ1) is 20.2. The number of anilines is 1. The van der Waals surface area contributed by atoms with Gasteiger partial charge in [-0.25, -0.2) is 4.68 Å². The standard InChI is InChI=1S/C24H22N4O3/c29-23(26-20-8-3-1-4-9-20)18-27(17-22-12-7-13-31-22)24(30)14-19-15-25-28(16-19)21-10-5-2-6-11-21/h1-13,15-16H,14,17-18H2,(H,26,29). The molecule has 0 saturated heterocycles. The molecule has 0 radical (unpaired) electrons. The first-order chi connectivity index (χ1) is 15.2. The summed E-state index contributed by atoms with van der Waals surface area (Å²) in [5, 5.41) is 7.16. The third-order valence-electron chi connectivity index (χ3n) is 4.68. The van der Waals surface area contributed by atoms with Gasteiger partial charge in [-0.1, -0.05) is 36.4 Å². The number of hydrogen-bond donors (Lipinski definition) is 1. The molecule has 2 aromatic carbocycles. The molecule has 0 fully saturated rings. The Labute approximate surface area is 179 Å². The number of amides is 2. The van der Waals surface area contributed by atoms with Gasteiger partial charge in [0.2, 0.25) is 11.8 Å². The summed E-state index contributed by atoms with van der Waals surface area (Å²) in [6.45, 7) is 0.127. The molecule has 156 valence electrons. The van der Waals surface area contributed by atoms with E-state index in [0.29, 0.717) is 11.4 Å². The molecule has 31 heavy (non-hydrogen) atoms. The van der Waals surface area contributed by atoms with Crippen molar-refractivity contribution in [1.82, 2.24) is 14.7 Å². The Bertz CT molecular complexity index is 1120. The largest absolute Gasteiger partial charge is 0.467 e. The van der Waals surface area contributed by atoms with Crippen LogP contribution in [0.4, 0.5) is 5.69 Å². The highest BCUT2D eigenvalue weighted by atomic mass is 16.3. The van der Waals surface area contributed by atoms with Gasteiger partial charge in [-0.05, 0) is 42.0 Å². The van der Waals surface area contributed by atoms with Gasteiger partial charge >= 0.3 is 0 Å². The lowest BCUT2D eigenvalue weighted by molar-refractivity contribution is -0.134. The molecule has 0 unspecified atom stereocenters. The highest BCUT2D eigenvalue weighted by molar-refractivity contribution is 5.94. The fourth-order valence-electron chi connectivity index (χ4n) is 3.18. The first-order valence-corrected chi connectivity index (χ1v) is 9.91. The number of benzene rings is 2. The molecule has 7 nitrogen and oxygen atoms in total. The van der Waals surface area contributed by atoms with Crippen LogP contribution in [0.1, 0.15) is 11.3 Å². The lowest BCUT2D eigenvalue weighted by Crippen LogP contribution is -2.38. The van der Waals surface area contributed by atoms with E-state index in [-0.39, 0.29) is 31.3 Å². The Morgan fingerprint density at radius 3 is 2.42 bits per heavy atom. The third kappa shape index (κ3) is 5.48. The molecule has 0 saturated carbocycles. The maximum absolute atomic E-state index is 13.0. The summed E-state index contributed by atoms with van der Waals surface area (Å²) in [4.78, 5) is 27.1. The predicted octanol–water partition coefficient (Wildman–Crippen LogP) is 3.68. The zero-order valence-electron chi connectivity index (χ0n) is 16.8. The van der Waals surface area contributed by atoms with Crippen LogP contribution in [0.15, 0.2) is 95.9 Å². The van der Waals surface area contributed by atoms with Crippen LogP contribution >= 0.6 is 0 Å². The van der Waals surface area contributed by atoms with Gasteiger partial charge in [0, 0.05) is 11.9 Å². The van der Waals surface area contributed by atoms with E-state index in [4.69, 9.17) is 4.42 Å². The fraction of sp³-hybridized carbons (Fsp3) is 0.125. The summed E-state index contributed by atoms with van der Waals surface area (Å²) in [6.07, 6.45) is 5.17. The molecule has 2 heterocycles. The second-order valence-corrected chi connectivity index (χ2v) is 7.05. The molecule has 0 spiro atoms. The van der Waals surface area contributed by atoms with E-state index in [1.807, 2.05) is 54.7 Å². The van der Waals surface area contributed by atoms with E-state index in [1.54, 1.807) is 41.4 Å². The van der Waals surface area contributed by atoms with Crippen molar-refractivity contribution in [3.05, 3.63) is 103 Å². The smallest absolute Gasteiger partial charge is 0.244 e. The van der Waals surface area contributed by atoms with Crippen LogP contribution in [0.2, 0.25) is 0 Å². The molecule has 4 rings (SSSR count). The Hall–Kier alpha value is -4.13. The second-order valence-electron chi connectivity index (χ2n) is 7.05. The van der Waals surface area contributed by atoms with Crippen molar-refractivity contribution in [1.29, 1.82) is 0 Å².